The minimum absolute atomic E-state index is 0.134. The summed E-state index contributed by atoms with van der Waals surface area (Å²) in [7, 11) is 6.16. The molecule has 1 aliphatic carbocycles. The number of nitrogens with zero attached hydrogens (tertiary/aromatic N) is 3. The number of methoxy groups -OCH3 is 3. The lowest BCUT2D eigenvalue weighted by atomic mass is 9.47. The molecule has 10 rings (SSSR count). The van der Waals surface area contributed by atoms with Gasteiger partial charge in [0.05, 0.1) is 32.9 Å². The number of H-pyrrole nitrogens is 1. The van der Waals surface area contributed by atoms with Crippen LogP contribution < -0.4 is 20.3 Å². The van der Waals surface area contributed by atoms with Crippen molar-refractivity contribution >= 4 is 46.2 Å². The summed E-state index contributed by atoms with van der Waals surface area (Å²) >= 11 is 0. The lowest BCUT2D eigenvalue weighted by Gasteiger charge is -2.63. The van der Waals surface area contributed by atoms with Crippen LogP contribution in [0, 0.1) is 11.3 Å². The number of hydrogen-bond donors (Lipinski definition) is 4. The fourth-order valence-corrected chi connectivity index (χ4v) is 14.6. The van der Waals surface area contributed by atoms with Crippen LogP contribution in [0.15, 0.2) is 78.9 Å². The molecule has 68 heavy (non-hydrogen) atoms. The first-order valence-electron chi connectivity index (χ1n) is 24.1. The third-order valence-corrected chi connectivity index (χ3v) is 17.0. The predicted octanol–water partition coefficient (Wildman–Crippen LogP) is 5.82. The van der Waals surface area contributed by atoms with Gasteiger partial charge in [-0.15, -0.1) is 0 Å². The highest BCUT2D eigenvalue weighted by Crippen LogP contribution is 2.68. The van der Waals surface area contributed by atoms with Gasteiger partial charge in [0.15, 0.2) is 6.10 Å². The second-order valence-corrected chi connectivity index (χ2v) is 20.2. The van der Waals surface area contributed by atoms with Crippen molar-refractivity contribution in [2.45, 2.75) is 99.5 Å². The molecule has 1 spiro atoms. The highest BCUT2D eigenvalue weighted by Gasteiger charge is 2.80. The Hall–Kier alpha value is -5.90. The summed E-state index contributed by atoms with van der Waals surface area (Å²) in [6.45, 7) is 8.69. The van der Waals surface area contributed by atoms with E-state index in [-0.39, 0.29) is 18.0 Å². The molecule has 3 aromatic carbocycles. The number of anilines is 2. The number of nitrogens with one attached hydrogen (secondary N) is 3. The Labute approximate surface area is 397 Å². The van der Waals surface area contributed by atoms with Crippen molar-refractivity contribution < 1.29 is 43.2 Å². The number of urea groups is 1. The van der Waals surface area contributed by atoms with Crippen LogP contribution in [0.3, 0.4) is 0 Å². The van der Waals surface area contributed by atoms with Crippen LogP contribution >= 0.6 is 0 Å². The number of ether oxygens (including phenoxy) is 4. The van der Waals surface area contributed by atoms with Crippen molar-refractivity contribution in [3.05, 3.63) is 101 Å². The average molecular weight is 929 g/mol. The molecule has 15 nitrogen and oxygen atoms in total. The zero-order chi connectivity index (χ0) is 48.0. The largest absolute Gasteiger partial charge is 0.496 e. The topological polar surface area (TPSA) is 175 Å². The smallest absolute Gasteiger partial charge is 0.344 e. The van der Waals surface area contributed by atoms with Crippen molar-refractivity contribution in [2.75, 3.05) is 71.3 Å². The van der Waals surface area contributed by atoms with E-state index in [4.69, 9.17) is 18.9 Å². The van der Waals surface area contributed by atoms with E-state index in [0.717, 1.165) is 33.4 Å². The van der Waals surface area contributed by atoms with Gasteiger partial charge in [0, 0.05) is 96.6 Å². The molecule has 4 aromatic rings. The number of para-hydroxylation sites is 2. The minimum atomic E-state index is -2.33. The van der Waals surface area contributed by atoms with Crippen LogP contribution in [-0.4, -0.2) is 134 Å². The number of carbonyl (C=O) groups is 4. The number of aromatic amines is 1. The quantitative estimate of drug-likeness (QED) is 0.0902. The number of carbonyl (C=O) groups excluding carboxylic acids is 4. The van der Waals surface area contributed by atoms with Gasteiger partial charge in [-0.1, -0.05) is 62.4 Å². The summed E-state index contributed by atoms with van der Waals surface area (Å²) in [6, 6.07) is 20.0. The molecule has 2 amide bonds. The molecule has 10 atom stereocenters. The SMILES string of the molecule is CC[C@]1(NC(=O)Nc2ccccc2)C[C@H]2CN(CCc3c([nH]c4ccccc34)[C@@](C(=O)OC)(c3cc4c(cc3OC)N(C)[C@H]3[C@@](O)(C(=O)OC)[C@H](OC(C)=O)[C@]5(CC)C=CCN6CC[C@]43[C@@H]65)C2)C1. The normalized spacial score (nSPS) is 33.4. The molecule has 1 saturated carbocycles. The number of hydrogen-bond acceptors (Lipinski definition) is 12. The summed E-state index contributed by atoms with van der Waals surface area (Å²) in [5.41, 5.74) is -0.892. The number of likely N-dealkylation sites (N-methyl/N-ethyl adjacent to an activating group) is 1. The third kappa shape index (κ3) is 6.40. The highest BCUT2D eigenvalue weighted by molar-refractivity contribution is 5.95. The van der Waals surface area contributed by atoms with E-state index >= 15 is 4.79 Å². The van der Waals surface area contributed by atoms with Crippen LogP contribution in [0.4, 0.5) is 16.2 Å². The van der Waals surface area contributed by atoms with E-state index in [1.165, 1.54) is 21.1 Å². The summed E-state index contributed by atoms with van der Waals surface area (Å²) < 4.78 is 24.2. The number of rotatable bonds is 9. The lowest BCUT2D eigenvalue weighted by Crippen LogP contribution is -2.81. The van der Waals surface area contributed by atoms with Crippen molar-refractivity contribution in [2.24, 2.45) is 11.3 Å². The molecule has 1 aromatic heterocycles. The number of aliphatic hydroxyl groups is 1. The second-order valence-electron chi connectivity index (χ2n) is 20.2. The number of fused-ring (bicyclic) bond motifs is 6. The molecule has 0 radical (unpaired) electrons. The summed E-state index contributed by atoms with van der Waals surface area (Å²) in [6.07, 6.45) is 5.97. The maximum absolute atomic E-state index is 15.7. The van der Waals surface area contributed by atoms with Crippen molar-refractivity contribution in [1.82, 2.24) is 20.1 Å². The van der Waals surface area contributed by atoms with Gasteiger partial charge in [-0.25, -0.2) is 9.59 Å². The third-order valence-electron chi connectivity index (χ3n) is 17.0. The molecule has 2 bridgehead atoms. The summed E-state index contributed by atoms with van der Waals surface area (Å²) in [5, 5.41) is 20.9. The first-order valence-corrected chi connectivity index (χ1v) is 24.1. The zero-order valence-electron chi connectivity index (χ0n) is 40.1. The molecule has 4 N–H and O–H groups in total. The van der Waals surface area contributed by atoms with Crippen LogP contribution in [0.2, 0.25) is 0 Å². The Kier molecular flexibility index (Phi) is 11.2. The minimum Gasteiger partial charge on any atom is -0.496 e. The Morgan fingerprint density at radius 3 is 2.35 bits per heavy atom. The predicted molar refractivity (Wildman–Crippen MR) is 257 cm³/mol. The van der Waals surface area contributed by atoms with E-state index in [2.05, 4.69) is 56.6 Å². The van der Waals surface area contributed by atoms with Gasteiger partial charge >= 0.3 is 23.9 Å². The molecular formula is C53H64N6O9. The van der Waals surface area contributed by atoms with Gasteiger partial charge in [0.25, 0.3) is 0 Å². The number of amides is 2. The Balaban J connectivity index is 1.20. The van der Waals surface area contributed by atoms with E-state index in [0.29, 0.717) is 88.2 Å². The standard InChI is InChI=1S/C53H64N6O9/c1-8-49(56-48(63)54-34-16-11-10-12-17-34)28-33-29-52(46(61)66-6,42-36(20-24-58(30-33)31-49)35-18-13-14-19-39(35)55-42)38-26-37-40(27-41(38)65-5)57(4)44-51(37)22-25-59-23-15-21-50(9-2,43(51)59)45(68-32(3)60)53(44,64)47(62)67-7/h10-19,21,26-27,33,43-45,55,64H,8-9,20,22-25,28-31H2,1-7H3,(H2,54,56,63)/t33-,43+,44-,45-,49+,50-,51-,52+,53+/m1/s1. The number of esters is 3. The van der Waals surface area contributed by atoms with Gasteiger partial charge in [-0.2, -0.15) is 0 Å². The summed E-state index contributed by atoms with van der Waals surface area (Å²) in [4.78, 5) is 67.8. The number of benzene rings is 3. The molecule has 1 unspecified atom stereocenters. The maximum atomic E-state index is 15.7. The molecule has 6 heterocycles. The Morgan fingerprint density at radius 1 is 0.897 bits per heavy atom. The Bertz CT molecular complexity index is 2710. The lowest BCUT2D eigenvalue weighted by molar-refractivity contribution is -0.228. The van der Waals surface area contributed by atoms with Crippen LogP contribution in [0.1, 0.15) is 75.3 Å². The van der Waals surface area contributed by atoms with Crippen molar-refractivity contribution in [3.63, 3.8) is 0 Å². The summed E-state index contributed by atoms with van der Waals surface area (Å²) in [5.74, 6) is -1.65. The molecule has 15 heteroatoms. The van der Waals surface area contributed by atoms with Gasteiger partial charge in [0.1, 0.15) is 11.2 Å². The second kappa shape index (κ2) is 16.7. The van der Waals surface area contributed by atoms with Gasteiger partial charge in [-0.3, -0.25) is 14.5 Å². The first-order chi connectivity index (χ1) is 32.7. The molecule has 3 fully saturated rings. The number of piperidine rings is 1. The molecular weight excluding hydrogens is 865 g/mol. The first kappa shape index (κ1) is 45.9. The molecule has 5 aliphatic heterocycles. The van der Waals surface area contributed by atoms with Crippen molar-refractivity contribution in [3.8, 4) is 5.75 Å². The fourth-order valence-electron chi connectivity index (χ4n) is 14.6. The maximum Gasteiger partial charge on any atom is 0.344 e. The van der Waals surface area contributed by atoms with Crippen molar-refractivity contribution in [1.29, 1.82) is 0 Å². The molecule has 360 valence electrons. The zero-order valence-corrected chi connectivity index (χ0v) is 40.1. The Morgan fingerprint density at radius 2 is 1.65 bits per heavy atom. The van der Waals surface area contributed by atoms with E-state index < -0.39 is 57.4 Å². The van der Waals surface area contributed by atoms with E-state index in [1.807, 2.05) is 73.5 Å². The van der Waals surface area contributed by atoms with Gasteiger partial charge < -0.3 is 49.5 Å². The van der Waals surface area contributed by atoms with E-state index in [9.17, 15) is 19.5 Å². The highest BCUT2D eigenvalue weighted by atomic mass is 16.6. The van der Waals surface area contributed by atoms with Gasteiger partial charge in [0.2, 0.25) is 5.60 Å². The van der Waals surface area contributed by atoms with Gasteiger partial charge in [-0.05, 0) is 86.4 Å². The van der Waals surface area contributed by atoms with Crippen LogP contribution in [-0.2, 0) is 45.8 Å². The average Bonchev–Trinajstić information content (AvgIpc) is 4.00. The molecule has 2 saturated heterocycles. The number of aromatic nitrogens is 1. The van der Waals surface area contributed by atoms with E-state index in [1.54, 1.807) is 7.11 Å². The monoisotopic (exact) mass is 928 g/mol. The fraction of sp³-hybridized carbons (Fsp3) is 0.509. The van der Waals surface area contributed by atoms with Crippen LogP contribution in [0.5, 0.6) is 5.75 Å². The van der Waals surface area contributed by atoms with Crippen LogP contribution in [0.25, 0.3) is 10.9 Å². The molecule has 6 aliphatic rings.